The van der Waals surface area contributed by atoms with Crippen molar-refractivity contribution in [3.05, 3.63) is 69.3 Å². The molecular formula is C26H26Cl2F3N3O2. The zero-order valence-electron chi connectivity index (χ0n) is 20.0. The second kappa shape index (κ2) is 10.3. The number of hydrogen-bond donors (Lipinski definition) is 0. The van der Waals surface area contributed by atoms with E-state index in [2.05, 4.69) is 16.6 Å². The van der Waals surface area contributed by atoms with Crippen molar-refractivity contribution in [1.29, 1.82) is 0 Å². The van der Waals surface area contributed by atoms with E-state index >= 15 is 0 Å². The van der Waals surface area contributed by atoms with E-state index in [-0.39, 0.29) is 18.4 Å². The molecule has 2 heterocycles. The molecule has 1 aromatic heterocycles. The zero-order valence-corrected chi connectivity index (χ0v) is 21.5. The van der Waals surface area contributed by atoms with Gasteiger partial charge in [0.05, 0.1) is 36.0 Å². The van der Waals surface area contributed by atoms with Crippen molar-refractivity contribution < 1.29 is 22.7 Å². The van der Waals surface area contributed by atoms with Crippen LogP contribution in [0.2, 0.25) is 10.0 Å². The Kier molecular flexibility index (Phi) is 7.57. The third kappa shape index (κ3) is 5.34. The Morgan fingerprint density at radius 1 is 1.22 bits per heavy atom. The molecule has 1 aliphatic rings. The van der Waals surface area contributed by atoms with Crippen LogP contribution in [-0.2, 0) is 22.3 Å². The van der Waals surface area contributed by atoms with Crippen LogP contribution in [0.1, 0.15) is 41.5 Å². The molecule has 1 fully saturated rings. The highest BCUT2D eigenvalue weighted by Crippen LogP contribution is 2.37. The second-order valence-corrected chi connectivity index (χ2v) is 9.86. The largest absolute Gasteiger partial charge is 0.469 e. The first kappa shape index (κ1) is 26.4. The number of benzene rings is 2. The van der Waals surface area contributed by atoms with Gasteiger partial charge in [-0.05, 0) is 55.5 Å². The van der Waals surface area contributed by atoms with E-state index in [4.69, 9.17) is 27.9 Å². The summed E-state index contributed by atoms with van der Waals surface area (Å²) < 4.78 is 46.1. The summed E-state index contributed by atoms with van der Waals surface area (Å²) in [6.45, 7) is 7.54. The first-order valence-electron chi connectivity index (χ1n) is 11.5. The molecule has 0 amide bonds. The van der Waals surface area contributed by atoms with Crippen LogP contribution in [0.25, 0.3) is 16.6 Å². The lowest BCUT2D eigenvalue weighted by Crippen LogP contribution is -2.33. The van der Waals surface area contributed by atoms with Crippen molar-refractivity contribution >= 4 is 45.8 Å². The fourth-order valence-electron chi connectivity index (χ4n) is 4.74. The minimum atomic E-state index is -4.43. The number of carbonyl (C=O) groups is 1. The number of ether oxygens (including phenoxy) is 1. The van der Waals surface area contributed by atoms with E-state index in [1.165, 1.54) is 13.3 Å². The minimum absolute atomic E-state index is 0.190. The first-order chi connectivity index (χ1) is 17.0. The normalized spacial score (nSPS) is 14.9. The van der Waals surface area contributed by atoms with E-state index in [9.17, 15) is 18.0 Å². The number of carbonyl (C=O) groups excluding carboxylic acids is 1. The van der Waals surface area contributed by atoms with E-state index in [0.717, 1.165) is 49.3 Å². The molecule has 2 aromatic carbocycles. The molecular weight excluding hydrogens is 514 g/mol. The van der Waals surface area contributed by atoms with Gasteiger partial charge in [0.2, 0.25) is 0 Å². The molecule has 4 rings (SSSR count). The van der Waals surface area contributed by atoms with Crippen molar-refractivity contribution in [1.82, 2.24) is 14.7 Å². The zero-order chi connectivity index (χ0) is 26.2. The third-order valence-electron chi connectivity index (χ3n) is 6.74. The Morgan fingerprint density at radius 2 is 1.92 bits per heavy atom. The standard InChI is InChI=1S/C26H26Cl2F3N3O2/c1-15-10-19(26(29,30)31)12-18-13-32-34(25(15)18)14-21-22(27)5-4-20(24(21)28)16(2)33-8-6-17(7-9-33)11-23(35)36-3/h4-5,10,12-13,17H,2,6-9,11,14H2,1,3H3. The number of alkyl halides is 3. The average Bonchev–Trinajstić information content (AvgIpc) is 3.24. The second-order valence-electron chi connectivity index (χ2n) is 9.08. The number of esters is 1. The fraction of sp³-hybridized carbons (Fsp3) is 0.385. The lowest BCUT2D eigenvalue weighted by Gasteiger charge is -2.35. The molecule has 3 aromatic rings. The Morgan fingerprint density at radius 3 is 2.56 bits per heavy atom. The molecule has 192 valence electrons. The Labute approximate surface area is 217 Å². The van der Waals surface area contributed by atoms with Crippen LogP contribution in [0.15, 0.2) is 37.0 Å². The highest BCUT2D eigenvalue weighted by atomic mass is 35.5. The van der Waals surface area contributed by atoms with Gasteiger partial charge in [-0.2, -0.15) is 18.3 Å². The molecule has 1 saturated heterocycles. The van der Waals surface area contributed by atoms with Crippen LogP contribution >= 0.6 is 23.2 Å². The van der Waals surface area contributed by atoms with Crippen molar-refractivity contribution in [3.63, 3.8) is 0 Å². The summed E-state index contributed by atoms with van der Waals surface area (Å²) >= 11 is 13.3. The molecule has 10 heteroatoms. The van der Waals surface area contributed by atoms with Crippen LogP contribution in [0.4, 0.5) is 13.2 Å². The molecule has 0 spiro atoms. The third-order valence-corrected chi connectivity index (χ3v) is 7.52. The maximum Gasteiger partial charge on any atom is 0.416 e. The first-order valence-corrected chi connectivity index (χ1v) is 12.3. The van der Waals surface area contributed by atoms with E-state index in [1.807, 2.05) is 6.07 Å². The Hall–Kier alpha value is -2.71. The Bertz CT molecular complexity index is 1310. The predicted octanol–water partition coefficient (Wildman–Crippen LogP) is 6.96. The van der Waals surface area contributed by atoms with Gasteiger partial charge in [-0.3, -0.25) is 9.48 Å². The van der Waals surface area contributed by atoms with E-state index in [0.29, 0.717) is 38.5 Å². The molecule has 0 bridgehead atoms. The van der Waals surface area contributed by atoms with Crippen molar-refractivity contribution in [2.24, 2.45) is 5.92 Å². The molecule has 0 saturated carbocycles. The molecule has 36 heavy (non-hydrogen) atoms. The van der Waals surface area contributed by atoms with Gasteiger partial charge >= 0.3 is 12.1 Å². The van der Waals surface area contributed by atoms with Gasteiger partial charge in [0, 0.05) is 46.7 Å². The van der Waals surface area contributed by atoms with Crippen molar-refractivity contribution in [2.75, 3.05) is 20.2 Å². The number of rotatable bonds is 6. The molecule has 5 nitrogen and oxygen atoms in total. The Balaban J connectivity index is 1.57. The van der Waals surface area contributed by atoms with Gasteiger partial charge in [-0.15, -0.1) is 0 Å². The summed E-state index contributed by atoms with van der Waals surface area (Å²) in [7, 11) is 1.40. The van der Waals surface area contributed by atoms with Crippen LogP contribution < -0.4 is 0 Å². The number of nitrogens with zero attached hydrogens (tertiary/aromatic N) is 3. The molecule has 0 atom stereocenters. The number of aromatic nitrogens is 2. The summed E-state index contributed by atoms with van der Waals surface area (Å²) in [4.78, 5) is 13.7. The number of methoxy groups -OCH3 is 1. The summed E-state index contributed by atoms with van der Waals surface area (Å²) in [5.74, 6) is 0.0700. The molecule has 0 aliphatic carbocycles. The molecule has 0 unspecified atom stereocenters. The number of aryl methyl sites for hydroxylation is 1. The maximum atomic E-state index is 13.2. The molecule has 1 aliphatic heterocycles. The monoisotopic (exact) mass is 539 g/mol. The van der Waals surface area contributed by atoms with E-state index in [1.54, 1.807) is 17.7 Å². The highest BCUT2D eigenvalue weighted by Gasteiger charge is 2.31. The summed E-state index contributed by atoms with van der Waals surface area (Å²) in [6.07, 6.45) is -0.934. The van der Waals surface area contributed by atoms with Gasteiger partial charge in [0.15, 0.2) is 0 Å². The van der Waals surface area contributed by atoms with Gasteiger partial charge in [-0.25, -0.2) is 0 Å². The average molecular weight is 540 g/mol. The number of fused-ring (bicyclic) bond motifs is 1. The summed E-state index contributed by atoms with van der Waals surface area (Å²) in [5.41, 5.74) is 2.44. The fourth-order valence-corrected chi connectivity index (χ4v) is 5.34. The van der Waals surface area contributed by atoms with Crippen LogP contribution in [0.3, 0.4) is 0 Å². The lowest BCUT2D eigenvalue weighted by atomic mass is 9.93. The number of likely N-dealkylation sites (tertiary alicyclic amines) is 1. The minimum Gasteiger partial charge on any atom is -0.469 e. The molecule has 0 N–H and O–H groups in total. The number of piperidine rings is 1. The van der Waals surface area contributed by atoms with Crippen LogP contribution in [0, 0.1) is 12.8 Å². The van der Waals surface area contributed by atoms with Gasteiger partial charge in [0.25, 0.3) is 0 Å². The topological polar surface area (TPSA) is 47.4 Å². The van der Waals surface area contributed by atoms with Crippen LogP contribution in [0.5, 0.6) is 0 Å². The van der Waals surface area contributed by atoms with Crippen molar-refractivity contribution in [3.8, 4) is 0 Å². The number of hydrogen-bond acceptors (Lipinski definition) is 4. The number of halogens is 5. The highest BCUT2D eigenvalue weighted by molar-refractivity contribution is 6.37. The van der Waals surface area contributed by atoms with Gasteiger partial charge in [-0.1, -0.05) is 29.8 Å². The SMILES string of the molecule is C=C(c1ccc(Cl)c(Cn2ncc3cc(C(F)(F)F)cc(C)c32)c1Cl)N1CCC(CC(=O)OC)CC1. The maximum absolute atomic E-state index is 13.2. The van der Waals surface area contributed by atoms with E-state index < -0.39 is 11.7 Å². The quantitative estimate of drug-likeness (QED) is 0.317. The predicted molar refractivity (Wildman–Crippen MR) is 135 cm³/mol. The summed E-state index contributed by atoms with van der Waals surface area (Å²) in [6, 6.07) is 5.77. The van der Waals surface area contributed by atoms with Gasteiger partial charge < -0.3 is 9.64 Å². The smallest absolute Gasteiger partial charge is 0.416 e. The van der Waals surface area contributed by atoms with Gasteiger partial charge in [0.1, 0.15) is 0 Å². The molecule has 0 radical (unpaired) electrons. The van der Waals surface area contributed by atoms with Crippen LogP contribution in [-0.4, -0.2) is 40.8 Å². The van der Waals surface area contributed by atoms with Crippen molar-refractivity contribution in [2.45, 2.75) is 38.9 Å². The lowest BCUT2D eigenvalue weighted by molar-refractivity contribution is -0.142. The summed E-state index contributed by atoms with van der Waals surface area (Å²) in [5, 5.41) is 5.58.